The molecule has 0 amide bonds. The molecule has 108 valence electrons. The fraction of sp³-hybridized carbons (Fsp3) is 0.333. The molecular weight excluding hydrogens is 297 g/mol. The highest BCUT2D eigenvalue weighted by Gasteiger charge is 2.38. The second-order valence-corrected chi connectivity index (χ2v) is 4.88. The zero-order valence-corrected chi connectivity index (χ0v) is 9.93. The Morgan fingerprint density at radius 1 is 1.26 bits per heavy atom. The molecule has 0 atom stereocenters. The van der Waals surface area contributed by atoms with Crippen LogP contribution in [0.5, 0.6) is 5.75 Å². The maximum absolute atomic E-state index is 12.6. The number of primary sulfonamides is 1. The number of nitrogens with two attached hydrogens (primary N) is 1. The molecule has 0 spiro atoms. The van der Waals surface area contributed by atoms with Crippen LogP contribution in [0.1, 0.15) is 5.56 Å². The van der Waals surface area contributed by atoms with Gasteiger partial charge < -0.3 is 4.74 Å². The van der Waals surface area contributed by atoms with E-state index in [2.05, 4.69) is 9.88 Å². The number of benzene rings is 1. The molecule has 0 unspecified atom stereocenters. The Morgan fingerprint density at radius 2 is 1.84 bits per heavy atom. The first-order valence-corrected chi connectivity index (χ1v) is 6.22. The smallest absolute Gasteiger partial charge is 0.417 e. The first-order chi connectivity index (χ1) is 8.53. The van der Waals surface area contributed by atoms with Crippen molar-refractivity contribution in [3.8, 4) is 5.75 Å². The van der Waals surface area contributed by atoms with Crippen LogP contribution in [0.15, 0.2) is 23.1 Å². The minimum Gasteiger partial charge on any atom is -0.486 e. The molecule has 1 aromatic carbocycles. The lowest BCUT2D eigenvalue weighted by Crippen LogP contribution is -2.21. The van der Waals surface area contributed by atoms with E-state index in [1.54, 1.807) is 0 Å². The van der Waals surface area contributed by atoms with Crippen molar-refractivity contribution in [1.82, 2.24) is 0 Å². The van der Waals surface area contributed by atoms with Crippen LogP contribution < -0.4 is 9.88 Å². The van der Waals surface area contributed by atoms with Crippen LogP contribution in [-0.2, 0) is 16.2 Å². The summed E-state index contributed by atoms with van der Waals surface area (Å²) in [7, 11) is -4.79. The molecule has 0 radical (unpaired) electrons. The first-order valence-electron chi connectivity index (χ1n) is 4.67. The fourth-order valence-electron chi connectivity index (χ4n) is 1.30. The largest absolute Gasteiger partial charge is 0.486 e. The van der Waals surface area contributed by atoms with Crippen LogP contribution in [0.25, 0.3) is 0 Å². The van der Waals surface area contributed by atoms with E-state index in [1.165, 1.54) is 0 Å². The zero-order valence-electron chi connectivity index (χ0n) is 9.12. The third-order valence-corrected chi connectivity index (χ3v) is 2.92. The van der Waals surface area contributed by atoms with Crippen LogP contribution in [0.2, 0.25) is 0 Å². The van der Waals surface area contributed by atoms with Gasteiger partial charge in [-0.3, -0.25) is 0 Å². The van der Waals surface area contributed by atoms with Gasteiger partial charge in [-0.05, 0) is 12.1 Å². The van der Waals surface area contributed by atoms with E-state index in [4.69, 9.17) is 0 Å². The number of sulfonamides is 1. The second kappa shape index (κ2) is 5.29. The van der Waals surface area contributed by atoms with Crippen LogP contribution in [0.3, 0.4) is 0 Å². The van der Waals surface area contributed by atoms with Gasteiger partial charge in [0.1, 0.15) is 17.3 Å². The molecule has 0 aliphatic carbocycles. The normalized spacial score (nSPS) is 12.8. The van der Waals surface area contributed by atoms with Gasteiger partial charge in [0.25, 0.3) is 6.43 Å². The maximum Gasteiger partial charge on any atom is 0.417 e. The molecule has 0 saturated carbocycles. The number of alkyl halides is 5. The highest BCUT2D eigenvalue weighted by molar-refractivity contribution is 7.89. The Balaban J connectivity index is 3.40. The Morgan fingerprint density at radius 3 is 2.26 bits per heavy atom. The van der Waals surface area contributed by atoms with E-state index in [1.807, 2.05) is 0 Å². The highest BCUT2D eigenvalue weighted by Crippen LogP contribution is 2.38. The van der Waals surface area contributed by atoms with Gasteiger partial charge in [-0.25, -0.2) is 22.3 Å². The van der Waals surface area contributed by atoms with Gasteiger partial charge in [0, 0.05) is 0 Å². The molecule has 1 rings (SSSR count). The average molecular weight is 305 g/mol. The molecule has 2 N–H and O–H groups in total. The Labute approximate surface area is 105 Å². The molecular formula is C9H8F5NO3S. The summed E-state index contributed by atoms with van der Waals surface area (Å²) in [6.45, 7) is -1.25. The highest BCUT2D eigenvalue weighted by atomic mass is 32.2. The topological polar surface area (TPSA) is 69.4 Å². The molecule has 19 heavy (non-hydrogen) atoms. The Hall–Kier alpha value is -1.42. The van der Waals surface area contributed by atoms with E-state index in [9.17, 15) is 30.4 Å². The molecule has 0 bridgehead atoms. The monoisotopic (exact) mass is 305 g/mol. The SMILES string of the molecule is NS(=O)(=O)c1c(OCC(F)F)cccc1C(F)(F)F. The van der Waals surface area contributed by atoms with Crippen LogP contribution in [0, 0.1) is 0 Å². The van der Waals surface area contributed by atoms with Gasteiger partial charge in [-0.15, -0.1) is 0 Å². The Kier molecular flexibility index (Phi) is 4.35. The maximum atomic E-state index is 12.6. The quantitative estimate of drug-likeness (QED) is 0.865. The molecule has 0 saturated heterocycles. The lowest BCUT2D eigenvalue weighted by molar-refractivity contribution is -0.140. The molecule has 0 aromatic heterocycles. The number of hydrogen-bond donors (Lipinski definition) is 1. The van der Waals surface area contributed by atoms with Gasteiger partial charge in [0.2, 0.25) is 10.0 Å². The van der Waals surface area contributed by atoms with Gasteiger partial charge in [0.05, 0.1) is 5.56 Å². The van der Waals surface area contributed by atoms with Crippen molar-refractivity contribution in [2.24, 2.45) is 5.14 Å². The van der Waals surface area contributed by atoms with Gasteiger partial charge in [-0.1, -0.05) is 6.07 Å². The Bertz CT molecular complexity index is 555. The van der Waals surface area contributed by atoms with Crippen molar-refractivity contribution in [2.75, 3.05) is 6.61 Å². The summed E-state index contributed by atoms with van der Waals surface area (Å²) < 4.78 is 88.5. The summed E-state index contributed by atoms with van der Waals surface area (Å²) in [6.07, 6.45) is -7.98. The van der Waals surface area contributed by atoms with Crippen molar-refractivity contribution in [1.29, 1.82) is 0 Å². The zero-order chi connectivity index (χ0) is 14.8. The lowest BCUT2D eigenvalue weighted by atomic mass is 10.2. The van der Waals surface area contributed by atoms with Gasteiger partial charge >= 0.3 is 6.18 Å². The molecule has 10 heteroatoms. The van der Waals surface area contributed by atoms with E-state index in [0.717, 1.165) is 12.1 Å². The summed E-state index contributed by atoms with van der Waals surface area (Å²) in [5, 5.41) is 4.67. The van der Waals surface area contributed by atoms with Crippen molar-refractivity contribution < 1.29 is 35.1 Å². The summed E-state index contributed by atoms with van der Waals surface area (Å²) in [5.74, 6) is -0.863. The molecule has 0 aliphatic rings. The van der Waals surface area contributed by atoms with E-state index in [-0.39, 0.29) is 0 Å². The second-order valence-electron chi connectivity index (χ2n) is 3.38. The summed E-state index contributed by atoms with van der Waals surface area (Å²) in [4.78, 5) is -1.36. The third-order valence-electron chi connectivity index (χ3n) is 1.93. The van der Waals surface area contributed by atoms with Crippen LogP contribution in [0.4, 0.5) is 22.0 Å². The molecule has 0 fully saturated rings. The summed E-state index contributed by atoms with van der Waals surface area (Å²) >= 11 is 0. The fourth-order valence-corrected chi connectivity index (χ4v) is 2.20. The van der Waals surface area contributed by atoms with E-state index in [0.29, 0.717) is 6.07 Å². The molecule has 4 nitrogen and oxygen atoms in total. The predicted octanol–water partition coefficient (Wildman–Crippen LogP) is 2.00. The summed E-state index contributed by atoms with van der Waals surface area (Å²) in [6, 6.07) is 2.12. The minimum atomic E-state index is -5.01. The van der Waals surface area contributed by atoms with Crippen molar-refractivity contribution in [3.05, 3.63) is 23.8 Å². The standard InChI is InChI=1S/C9H8F5NO3S/c10-7(11)4-18-6-3-1-2-5(9(12,13)14)8(6)19(15,16)17/h1-3,7H,4H2,(H2,15,16,17). The van der Waals surface area contributed by atoms with E-state index < -0.39 is 45.4 Å². The lowest BCUT2D eigenvalue weighted by Gasteiger charge is -2.15. The predicted molar refractivity (Wildman–Crippen MR) is 54.3 cm³/mol. The third kappa shape index (κ3) is 4.03. The molecule has 0 heterocycles. The number of ether oxygens (including phenoxy) is 1. The first kappa shape index (κ1) is 15.6. The molecule has 0 aliphatic heterocycles. The van der Waals surface area contributed by atoms with E-state index >= 15 is 0 Å². The summed E-state index contributed by atoms with van der Waals surface area (Å²) in [5.41, 5.74) is -1.57. The van der Waals surface area contributed by atoms with Crippen molar-refractivity contribution >= 4 is 10.0 Å². The average Bonchev–Trinajstić information content (AvgIpc) is 2.23. The van der Waals surface area contributed by atoms with Gasteiger partial charge in [0.15, 0.2) is 0 Å². The van der Waals surface area contributed by atoms with Crippen molar-refractivity contribution in [2.45, 2.75) is 17.5 Å². The van der Waals surface area contributed by atoms with Crippen LogP contribution >= 0.6 is 0 Å². The van der Waals surface area contributed by atoms with Crippen LogP contribution in [-0.4, -0.2) is 21.5 Å². The number of halogens is 5. The number of rotatable bonds is 4. The van der Waals surface area contributed by atoms with Crippen molar-refractivity contribution in [3.63, 3.8) is 0 Å². The molecule has 1 aromatic rings. The number of hydrogen-bond acceptors (Lipinski definition) is 3. The van der Waals surface area contributed by atoms with Gasteiger partial charge in [-0.2, -0.15) is 13.2 Å². The minimum absolute atomic E-state index is 0.467.